The fourth-order valence-electron chi connectivity index (χ4n) is 5.78. The highest BCUT2D eigenvalue weighted by molar-refractivity contribution is 6.34. The molecule has 0 aromatic heterocycles. The van der Waals surface area contributed by atoms with Gasteiger partial charge in [-0.05, 0) is 18.6 Å². The van der Waals surface area contributed by atoms with E-state index >= 15 is 0 Å². The normalized spacial score (nSPS) is 33.2. The number of nitrogens with zero attached hydrogens (tertiary/aromatic N) is 3. The predicted octanol–water partition coefficient (Wildman–Crippen LogP) is 1.15. The van der Waals surface area contributed by atoms with Crippen molar-refractivity contribution in [1.29, 1.82) is 0 Å². The molecule has 9 heteroatoms. The van der Waals surface area contributed by atoms with E-state index in [0.29, 0.717) is 17.3 Å². The largest absolute Gasteiger partial charge is 0.395 e. The molecule has 4 aliphatic heterocycles. The lowest BCUT2D eigenvalue weighted by atomic mass is 9.77. The molecule has 1 N–H and O–H groups in total. The summed E-state index contributed by atoms with van der Waals surface area (Å²) in [5.74, 6) is -2.48. The number of amides is 3. The van der Waals surface area contributed by atoms with Gasteiger partial charge in [-0.3, -0.25) is 14.4 Å². The first kappa shape index (κ1) is 22.1. The van der Waals surface area contributed by atoms with Crippen LogP contribution in [-0.2, 0) is 19.1 Å². The number of likely N-dealkylation sites (tertiary alicyclic amines) is 1. The average Bonchev–Trinajstić information content (AvgIpc) is 3.09. The summed E-state index contributed by atoms with van der Waals surface area (Å²) in [4.78, 5) is 45.5. The van der Waals surface area contributed by atoms with E-state index in [2.05, 4.69) is 0 Å². The van der Waals surface area contributed by atoms with Crippen LogP contribution in [-0.4, -0.2) is 83.7 Å². The minimum atomic E-state index is -1.30. The second-order valence-electron chi connectivity index (χ2n) is 9.00. The molecule has 1 aromatic rings. The van der Waals surface area contributed by atoms with E-state index in [4.69, 9.17) is 16.3 Å². The Morgan fingerprint density at radius 1 is 1.15 bits per heavy atom. The summed E-state index contributed by atoms with van der Waals surface area (Å²) in [5.41, 5.74) is 0.0986. The first-order valence-electron chi connectivity index (χ1n) is 11.1. The molecule has 0 saturated carbocycles. The summed E-state index contributed by atoms with van der Waals surface area (Å²) in [6, 6.07) is 4.39. The maximum atomic E-state index is 14.1. The molecular weight excluding hydrogens is 446 g/mol. The number of benzene rings is 1. The van der Waals surface area contributed by atoms with Crippen molar-refractivity contribution in [2.45, 2.75) is 24.7 Å². The van der Waals surface area contributed by atoms with Crippen molar-refractivity contribution in [3.05, 3.63) is 53.1 Å². The first-order chi connectivity index (χ1) is 15.8. The summed E-state index contributed by atoms with van der Waals surface area (Å²) in [6.45, 7) is 2.21. The highest BCUT2D eigenvalue weighted by Gasteiger charge is 2.71. The van der Waals surface area contributed by atoms with E-state index in [0.717, 1.165) is 5.56 Å². The third-order valence-electron chi connectivity index (χ3n) is 7.16. The zero-order valence-electron chi connectivity index (χ0n) is 18.5. The van der Waals surface area contributed by atoms with Gasteiger partial charge in [0.05, 0.1) is 35.3 Å². The van der Waals surface area contributed by atoms with Gasteiger partial charge in [-0.2, -0.15) is 0 Å². The van der Waals surface area contributed by atoms with Crippen molar-refractivity contribution in [1.82, 2.24) is 9.80 Å². The van der Waals surface area contributed by atoms with Crippen molar-refractivity contribution in [3.63, 3.8) is 0 Å². The molecule has 1 unspecified atom stereocenters. The van der Waals surface area contributed by atoms with Crippen LogP contribution >= 0.6 is 11.6 Å². The number of aryl methyl sites for hydroxylation is 1. The SMILES string of the molecule is Cc1cccc(Cl)c1N1CC=C[C@]23O[C@H]4C=CCN(C)C(=O)[C@H]4[C@H]2C(=O)N(CCO)C3C1=O. The van der Waals surface area contributed by atoms with E-state index in [1.165, 1.54) is 4.90 Å². The molecule has 0 aliphatic carbocycles. The average molecular weight is 472 g/mol. The zero-order chi connectivity index (χ0) is 23.5. The molecule has 0 radical (unpaired) electrons. The van der Waals surface area contributed by atoms with E-state index in [-0.39, 0.29) is 37.4 Å². The highest BCUT2D eigenvalue weighted by atomic mass is 35.5. The third-order valence-corrected chi connectivity index (χ3v) is 7.46. The van der Waals surface area contributed by atoms with E-state index in [9.17, 15) is 19.5 Å². The number of para-hydroxylation sites is 1. The fraction of sp³-hybridized carbons (Fsp3) is 0.458. The van der Waals surface area contributed by atoms with Crippen LogP contribution in [0.15, 0.2) is 42.5 Å². The van der Waals surface area contributed by atoms with Crippen LogP contribution in [0.25, 0.3) is 0 Å². The van der Waals surface area contributed by atoms with Crippen LogP contribution in [0.4, 0.5) is 5.69 Å². The zero-order valence-corrected chi connectivity index (χ0v) is 19.2. The Balaban J connectivity index is 1.65. The van der Waals surface area contributed by atoms with Crippen molar-refractivity contribution in [2.75, 3.05) is 38.2 Å². The van der Waals surface area contributed by atoms with E-state index in [1.807, 2.05) is 37.3 Å². The Morgan fingerprint density at radius 2 is 1.94 bits per heavy atom. The molecule has 2 saturated heterocycles. The quantitative estimate of drug-likeness (QED) is 0.668. The monoisotopic (exact) mass is 471 g/mol. The molecule has 5 rings (SSSR count). The highest BCUT2D eigenvalue weighted by Crippen LogP contribution is 2.53. The number of carbonyl (C=O) groups is 3. The van der Waals surface area contributed by atoms with Gasteiger partial charge in [0.15, 0.2) is 0 Å². The number of aliphatic hydroxyl groups is 1. The number of likely N-dealkylation sites (N-methyl/N-ethyl adjacent to an activating group) is 1. The smallest absolute Gasteiger partial charge is 0.253 e. The molecular formula is C24H26ClN3O5. The van der Waals surface area contributed by atoms with Crippen molar-refractivity contribution in [3.8, 4) is 0 Å². The summed E-state index contributed by atoms with van der Waals surface area (Å²) in [5, 5.41) is 10.1. The van der Waals surface area contributed by atoms with E-state index < -0.39 is 29.6 Å². The van der Waals surface area contributed by atoms with Gasteiger partial charge in [0.1, 0.15) is 11.6 Å². The number of anilines is 1. The maximum absolute atomic E-state index is 14.1. The van der Waals surface area contributed by atoms with Crippen molar-refractivity contribution >= 4 is 35.0 Å². The predicted molar refractivity (Wildman–Crippen MR) is 122 cm³/mol. The topological polar surface area (TPSA) is 90.4 Å². The number of β-amino-alcohol motifs (C(OH)–C–C–N with tert-alkyl or cyclic N) is 1. The lowest BCUT2D eigenvalue weighted by Gasteiger charge is -2.35. The molecule has 4 heterocycles. The Labute approximate surface area is 197 Å². The molecule has 33 heavy (non-hydrogen) atoms. The van der Waals surface area contributed by atoms with Gasteiger partial charge in [-0.25, -0.2) is 0 Å². The van der Waals surface area contributed by atoms with Gasteiger partial charge in [0.25, 0.3) is 5.91 Å². The van der Waals surface area contributed by atoms with E-state index in [1.54, 1.807) is 29.0 Å². The van der Waals surface area contributed by atoms with Crippen LogP contribution in [0.1, 0.15) is 5.56 Å². The van der Waals surface area contributed by atoms with Gasteiger partial charge >= 0.3 is 0 Å². The number of carbonyl (C=O) groups excluding carboxylic acids is 3. The number of ether oxygens (including phenoxy) is 1. The third kappa shape index (κ3) is 3.08. The van der Waals surface area contributed by atoms with Gasteiger partial charge in [0.2, 0.25) is 11.8 Å². The van der Waals surface area contributed by atoms with Gasteiger partial charge in [-0.1, -0.05) is 48.0 Å². The lowest BCUT2D eigenvalue weighted by molar-refractivity contribution is -0.144. The van der Waals surface area contributed by atoms with Crippen LogP contribution in [0.2, 0.25) is 5.02 Å². The Kier molecular flexibility index (Phi) is 5.34. The standard InChI is InChI=1S/C24H26ClN3O5/c1-14-6-3-7-15(25)19(14)27-11-5-9-24-18(22(31)28(12-13-29)20(24)23(27)32)17-16(33-24)8-4-10-26(2)21(17)30/h3-9,16-18,20,29H,10-13H2,1-2H3/t16-,17+,18-,20?,24-/m0/s1. The van der Waals surface area contributed by atoms with Crippen LogP contribution in [0.3, 0.4) is 0 Å². The minimum Gasteiger partial charge on any atom is -0.395 e. The Bertz CT molecular complexity index is 1070. The molecule has 2 fully saturated rings. The molecule has 3 amide bonds. The van der Waals surface area contributed by atoms with Crippen LogP contribution in [0, 0.1) is 18.8 Å². The van der Waals surface area contributed by atoms with Gasteiger partial charge in [-0.15, -0.1) is 0 Å². The molecule has 5 atom stereocenters. The maximum Gasteiger partial charge on any atom is 0.253 e. The summed E-state index contributed by atoms with van der Waals surface area (Å²) >= 11 is 6.48. The molecule has 0 bridgehead atoms. The summed E-state index contributed by atoms with van der Waals surface area (Å²) < 4.78 is 6.48. The number of halogens is 1. The lowest BCUT2D eigenvalue weighted by Crippen LogP contribution is -2.56. The van der Waals surface area contributed by atoms with Crippen LogP contribution < -0.4 is 4.90 Å². The van der Waals surface area contributed by atoms with Gasteiger partial charge < -0.3 is 24.5 Å². The Hall–Kier alpha value is -2.68. The fourth-order valence-corrected chi connectivity index (χ4v) is 6.10. The first-order valence-corrected chi connectivity index (χ1v) is 11.4. The summed E-state index contributed by atoms with van der Waals surface area (Å²) in [7, 11) is 1.69. The Morgan fingerprint density at radius 3 is 2.67 bits per heavy atom. The van der Waals surface area contributed by atoms with Crippen molar-refractivity contribution in [2.24, 2.45) is 11.8 Å². The second kappa shape index (κ2) is 7.97. The molecule has 4 aliphatic rings. The molecule has 8 nitrogen and oxygen atoms in total. The van der Waals surface area contributed by atoms with Gasteiger partial charge in [0, 0.05) is 26.7 Å². The van der Waals surface area contributed by atoms with Crippen molar-refractivity contribution < 1.29 is 24.2 Å². The van der Waals surface area contributed by atoms with Crippen LogP contribution in [0.5, 0.6) is 0 Å². The number of hydrogen-bond acceptors (Lipinski definition) is 5. The molecule has 174 valence electrons. The summed E-state index contributed by atoms with van der Waals surface area (Å²) in [6.07, 6.45) is 6.65. The number of fused-ring (bicyclic) bond motifs is 2. The second-order valence-corrected chi connectivity index (χ2v) is 9.41. The number of aliphatic hydroxyl groups excluding tert-OH is 1. The number of hydrogen-bond donors (Lipinski definition) is 1. The molecule has 1 aromatic carbocycles. The molecule has 1 spiro atoms. The minimum absolute atomic E-state index is 0.0305. The number of rotatable bonds is 3.